The van der Waals surface area contributed by atoms with E-state index in [1.165, 1.54) is 72.4 Å². The minimum absolute atomic E-state index is 0.0168. The fourth-order valence-electron chi connectivity index (χ4n) is 5.10. The molecule has 1 aliphatic rings. The molecule has 0 spiro atoms. The molecule has 0 saturated heterocycles. The van der Waals surface area contributed by atoms with Crippen molar-refractivity contribution >= 4 is 23.3 Å². The number of ether oxygens (including phenoxy) is 1. The van der Waals surface area contributed by atoms with Crippen molar-refractivity contribution in [3.8, 4) is 34.0 Å². The Labute approximate surface area is 244 Å². The number of rotatable bonds is 7. The normalized spacial score (nSPS) is 12.8. The van der Waals surface area contributed by atoms with E-state index in [0.29, 0.717) is 16.7 Å². The summed E-state index contributed by atoms with van der Waals surface area (Å²) in [5.41, 5.74) is 1.81. The molecule has 2 N–H and O–H groups in total. The fourth-order valence-corrected chi connectivity index (χ4v) is 5.10. The summed E-state index contributed by atoms with van der Waals surface area (Å²) in [6, 6.07) is 11.3. The maximum absolute atomic E-state index is 16.5. The molecule has 0 bridgehead atoms. The third-order valence-electron chi connectivity index (χ3n) is 7.35. The van der Waals surface area contributed by atoms with Gasteiger partial charge in [-0.1, -0.05) is 0 Å². The van der Waals surface area contributed by atoms with Gasteiger partial charge in [0.25, 0.3) is 11.8 Å². The number of aryl methyl sites for hydroxylation is 1. The molecule has 12 heteroatoms. The Balaban J connectivity index is 1.52. The first-order valence-corrected chi connectivity index (χ1v) is 13.4. The topological polar surface area (TPSA) is 122 Å². The molecule has 2 amide bonds. The van der Waals surface area contributed by atoms with E-state index in [1.807, 2.05) is 0 Å². The Morgan fingerprint density at radius 1 is 1.09 bits per heavy atom. The van der Waals surface area contributed by atoms with Gasteiger partial charge in [0, 0.05) is 42.7 Å². The lowest BCUT2D eigenvalue weighted by atomic mass is 9.95. The summed E-state index contributed by atoms with van der Waals surface area (Å²) < 4.78 is 37.0. The van der Waals surface area contributed by atoms with E-state index in [0.717, 1.165) is 12.8 Å². The minimum Gasteiger partial charge on any atom is -0.496 e. The van der Waals surface area contributed by atoms with Crippen molar-refractivity contribution in [3.63, 3.8) is 0 Å². The second kappa shape index (κ2) is 10.8. The SMILES string of the molecule is CNC(=O)c1c(-c2ccc(F)cc2)nn2ccc(-c3cc(C(=O)N(c4nccc(O)n4)C4CC4)c(OC)cc3C)c(F)c12. The van der Waals surface area contributed by atoms with E-state index >= 15 is 4.39 Å². The molecular formula is C31H26F2N6O4. The maximum Gasteiger partial charge on any atom is 0.264 e. The van der Waals surface area contributed by atoms with Gasteiger partial charge in [-0.25, -0.2) is 18.3 Å². The number of hydrogen-bond donors (Lipinski definition) is 2. The van der Waals surface area contributed by atoms with Gasteiger partial charge in [0.1, 0.15) is 22.8 Å². The Bertz CT molecular complexity index is 1900. The van der Waals surface area contributed by atoms with Gasteiger partial charge in [-0.05, 0) is 73.4 Å². The predicted molar refractivity (Wildman–Crippen MR) is 154 cm³/mol. The highest BCUT2D eigenvalue weighted by atomic mass is 19.1. The molecule has 5 aromatic rings. The van der Waals surface area contributed by atoms with E-state index in [2.05, 4.69) is 20.4 Å². The van der Waals surface area contributed by atoms with Crippen molar-refractivity contribution < 1.29 is 28.2 Å². The Morgan fingerprint density at radius 3 is 2.49 bits per heavy atom. The van der Waals surface area contributed by atoms with Crippen LogP contribution in [0.4, 0.5) is 14.7 Å². The molecule has 218 valence electrons. The van der Waals surface area contributed by atoms with Gasteiger partial charge in [-0.2, -0.15) is 10.1 Å². The van der Waals surface area contributed by atoms with Crippen LogP contribution in [0.25, 0.3) is 27.9 Å². The zero-order valence-corrected chi connectivity index (χ0v) is 23.4. The predicted octanol–water partition coefficient (Wildman–Crippen LogP) is 4.93. The number of fused-ring (bicyclic) bond motifs is 1. The van der Waals surface area contributed by atoms with Crippen molar-refractivity contribution in [1.29, 1.82) is 0 Å². The van der Waals surface area contributed by atoms with Crippen LogP contribution in [0.15, 0.2) is 60.9 Å². The van der Waals surface area contributed by atoms with Gasteiger partial charge >= 0.3 is 0 Å². The molecule has 6 rings (SSSR count). The van der Waals surface area contributed by atoms with Crippen molar-refractivity contribution in [3.05, 3.63) is 89.2 Å². The number of pyridine rings is 1. The van der Waals surface area contributed by atoms with E-state index in [-0.39, 0.29) is 51.5 Å². The van der Waals surface area contributed by atoms with Crippen LogP contribution in [0.1, 0.15) is 39.1 Å². The Morgan fingerprint density at radius 2 is 1.84 bits per heavy atom. The number of nitrogens with zero attached hydrogens (tertiary/aromatic N) is 5. The van der Waals surface area contributed by atoms with Gasteiger partial charge in [0.15, 0.2) is 5.82 Å². The highest BCUT2D eigenvalue weighted by Gasteiger charge is 2.37. The highest BCUT2D eigenvalue weighted by Crippen LogP contribution is 2.38. The number of aromatic hydroxyl groups is 1. The summed E-state index contributed by atoms with van der Waals surface area (Å²) in [7, 11) is 2.86. The molecule has 1 aliphatic carbocycles. The van der Waals surface area contributed by atoms with Crippen LogP contribution >= 0.6 is 0 Å². The first kappa shape index (κ1) is 27.8. The lowest BCUT2D eigenvalue weighted by Gasteiger charge is -2.22. The number of nitrogens with one attached hydrogen (secondary N) is 1. The van der Waals surface area contributed by atoms with E-state index in [9.17, 15) is 19.1 Å². The number of hydrogen-bond acceptors (Lipinski definition) is 7. The summed E-state index contributed by atoms with van der Waals surface area (Å²) >= 11 is 0. The maximum atomic E-state index is 16.5. The van der Waals surface area contributed by atoms with Crippen molar-refractivity contribution in [1.82, 2.24) is 24.9 Å². The molecule has 0 aliphatic heterocycles. The molecule has 3 aromatic heterocycles. The second-order valence-electron chi connectivity index (χ2n) is 10.1. The molecule has 1 fully saturated rings. The quantitative estimate of drug-likeness (QED) is 0.278. The molecular weight excluding hydrogens is 558 g/mol. The fraction of sp³-hybridized carbons (Fsp3) is 0.194. The number of halogens is 2. The van der Waals surface area contributed by atoms with Gasteiger partial charge in [-0.3, -0.25) is 14.5 Å². The highest BCUT2D eigenvalue weighted by molar-refractivity contribution is 6.09. The first-order chi connectivity index (χ1) is 20.7. The summed E-state index contributed by atoms with van der Waals surface area (Å²) in [6.07, 6.45) is 4.35. The van der Waals surface area contributed by atoms with Crippen LogP contribution in [0.2, 0.25) is 0 Å². The van der Waals surface area contributed by atoms with E-state index < -0.39 is 23.4 Å². The minimum atomic E-state index is -0.732. The number of methoxy groups -OCH3 is 1. The number of anilines is 1. The summed E-state index contributed by atoms with van der Waals surface area (Å²) in [5, 5.41) is 16.9. The first-order valence-electron chi connectivity index (χ1n) is 13.4. The lowest BCUT2D eigenvalue weighted by Crippen LogP contribution is -2.34. The number of benzene rings is 2. The van der Waals surface area contributed by atoms with Crippen LogP contribution in [0.3, 0.4) is 0 Å². The average Bonchev–Trinajstić information content (AvgIpc) is 3.75. The molecule has 0 unspecified atom stereocenters. The molecule has 10 nitrogen and oxygen atoms in total. The van der Waals surface area contributed by atoms with Gasteiger partial charge in [-0.15, -0.1) is 0 Å². The monoisotopic (exact) mass is 584 g/mol. The number of amides is 2. The zero-order chi connectivity index (χ0) is 30.4. The molecule has 0 radical (unpaired) electrons. The molecule has 0 atom stereocenters. The summed E-state index contributed by atoms with van der Waals surface area (Å²) in [6.45, 7) is 1.76. The Hall–Kier alpha value is -5.39. The Kier molecular flexibility index (Phi) is 6.96. The van der Waals surface area contributed by atoms with Crippen LogP contribution in [-0.2, 0) is 0 Å². The molecule has 43 heavy (non-hydrogen) atoms. The average molecular weight is 585 g/mol. The van der Waals surface area contributed by atoms with Crippen LogP contribution < -0.4 is 15.0 Å². The third-order valence-corrected chi connectivity index (χ3v) is 7.35. The number of carbonyl (C=O) groups excluding carboxylic acids is 2. The lowest BCUT2D eigenvalue weighted by molar-refractivity contribution is 0.0961. The molecule has 2 aromatic carbocycles. The molecule has 1 saturated carbocycles. The number of aromatic nitrogens is 4. The molecule has 3 heterocycles. The van der Waals surface area contributed by atoms with Gasteiger partial charge in [0.05, 0.1) is 18.2 Å². The van der Waals surface area contributed by atoms with Crippen molar-refractivity contribution in [2.24, 2.45) is 0 Å². The van der Waals surface area contributed by atoms with Crippen molar-refractivity contribution in [2.45, 2.75) is 25.8 Å². The largest absolute Gasteiger partial charge is 0.496 e. The van der Waals surface area contributed by atoms with Crippen LogP contribution in [-0.4, -0.2) is 56.7 Å². The summed E-state index contributed by atoms with van der Waals surface area (Å²) in [4.78, 5) is 36.6. The number of carbonyl (C=O) groups is 2. The van der Waals surface area contributed by atoms with E-state index in [1.54, 1.807) is 19.1 Å². The van der Waals surface area contributed by atoms with Crippen LogP contribution in [0.5, 0.6) is 11.6 Å². The van der Waals surface area contributed by atoms with Crippen molar-refractivity contribution in [2.75, 3.05) is 19.1 Å². The van der Waals surface area contributed by atoms with E-state index in [4.69, 9.17) is 4.74 Å². The van der Waals surface area contributed by atoms with Crippen LogP contribution in [0, 0.1) is 18.6 Å². The van der Waals surface area contributed by atoms with Gasteiger partial charge in [0.2, 0.25) is 11.8 Å². The van der Waals surface area contributed by atoms with Gasteiger partial charge < -0.3 is 15.2 Å². The zero-order valence-electron chi connectivity index (χ0n) is 23.4. The third kappa shape index (κ3) is 4.90. The summed E-state index contributed by atoms with van der Waals surface area (Å²) in [5.74, 6) is -2.19. The smallest absolute Gasteiger partial charge is 0.264 e. The standard InChI is InChI=1S/C31H26F2N6O4/c1-16-14-23(43-3)22(30(42)39(19-8-9-19)31-35-12-10-24(40)36-31)15-21(16)20-11-13-38-28(26(20)33)25(29(41)34-2)27(37-38)17-4-6-18(32)7-5-17/h4-7,10-15,19H,8-9H2,1-3H3,(H,34,41)(H,35,36,40). The second-order valence-corrected chi connectivity index (χ2v) is 10.1.